The molecule has 9 nitrogen and oxygen atoms in total. The van der Waals surface area contributed by atoms with Crippen molar-refractivity contribution in [1.29, 1.82) is 0 Å². The Kier molecular flexibility index (Phi) is 5.75. The van der Waals surface area contributed by atoms with E-state index in [1.807, 2.05) is 44.7 Å². The van der Waals surface area contributed by atoms with Crippen LogP contribution in [0.3, 0.4) is 0 Å². The summed E-state index contributed by atoms with van der Waals surface area (Å²) in [5.74, 6) is 0. The quantitative estimate of drug-likeness (QED) is 0.459. The van der Waals surface area contributed by atoms with Gasteiger partial charge >= 0.3 is 0 Å². The molecule has 0 amide bonds. The van der Waals surface area contributed by atoms with Gasteiger partial charge in [0.2, 0.25) is 0 Å². The third kappa shape index (κ3) is 4.05. The minimum atomic E-state index is -0.194. The topological polar surface area (TPSA) is 89.3 Å². The summed E-state index contributed by atoms with van der Waals surface area (Å²) in [6.45, 7) is 7.73. The molecule has 0 saturated carbocycles. The van der Waals surface area contributed by atoms with Gasteiger partial charge in [-0.15, -0.1) is 0 Å². The molecule has 32 heavy (non-hydrogen) atoms. The number of hydrogen-bond donors (Lipinski definition) is 1. The predicted molar refractivity (Wildman–Crippen MR) is 122 cm³/mol. The molecule has 168 valence electrons. The molecule has 5 heterocycles. The Hall–Kier alpha value is -3.04. The molecule has 1 aliphatic heterocycles. The van der Waals surface area contributed by atoms with E-state index in [2.05, 4.69) is 40.2 Å². The summed E-state index contributed by atoms with van der Waals surface area (Å²) in [7, 11) is 0. The molecule has 4 aromatic rings. The number of nitrogens with zero attached hydrogens (tertiary/aromatic N) is 8. The monoisotopic (exact) mass is 434 g/mol. The summed E-state index contributed by atoms with van der Waals surface area (Å²) in [6, 6.07) is 2.37. The lowest BCUT2D eigenvalue weighted by atomic mass is 10.1. The summed E-state index contributed by atoms with van der Waals surface area (Å²) < 4.78 is 5.86. The highest BCUT2D eigenvalue weighted by atomic mass is 16.3. The minimum Gasteiger partial charge on any atom is -0.392 e. The van der Waals surface area contributed by atoms with Gasteiger partial charge in [0.15, 0.2) is 0 Å². The van der Waals surface area contributed by atoms with E-state index >= 15 is 0 Å². The third-order valence-corrected chi connectivity index (χ3v) is 6.40. The number of aromatic nitrogens is 7. The highest BCUT2D eigenvalue weighted by molar-refractivity contribution is 5.78. The van der Waals surface area contributed by atoms with E-state index in [4.69, 9.17) is 4.98 Å². The standard InChI is InChI=1S/C23H30N8O/c1-3-19(4-2)30-14-18(12-26-30)23-22-5-7-24-31(22)16-21(27-23)17-11-25-29(13-17)10-9-28-8-6-20(32)15-28/h5,7,11-14,16,19-20,32H,3-4,6,8-10,15H2,1-2H3. The van der Waals surface area contributed by atoms with Crippen LogP contribution in [0.25, 0.3) is 28.0 Å². The normalized spacial score (nSPS) is 17.2. The summed E-state index contributed by atoms with van der Waals surface area (Å²) in [6.07, 6.45) is 14.4. The average Bonchev–Trinajstić information content (AvgIpc) is 3.59. The highest BCUT2D eigenvalue weighted by Gasteiger charge is 2.20. The molecule has 1 N–H and O–H groups in total. The van der Waals surface area contributed by atoms with E-state index in [1.54, 1.807) is 6.20 Å². The van der Waals surface area contributed by atoms with Crippen LogP contribution in [-0.4, -0.2) is 69.9 Å². The maximum atomic E-state index is 9.71. The van der Waals surface area contributed by atoms with Gasteiger partial charge in [0.05, 0.1) is 60.4 Å². The number of hydrogen-bond acceptors (Lipinski definition) is 6. The SMILES string of the molecule is CCC(CC)n1cc(-c2nc(-c3cnn(CCN4CCC(O)C4)c3)cn3nccc23)cn1. The smallest absolute Gasteiger partial charge is 0.0999 e. The summed E-state index contributed by atoms with van der Waals surface area (Å²) in [4.78, 5) is 7.26. The van der Waals surface area contributed by atoms with E-state index in [9.17, 15) is 5.11 Å². The molecule has 4 aromatic heterocycles. The van der Waals surface area contributed by atoms with Crippen molar-refractivity contribution in [1.82, 2.24) is 39.1 Å². The summed E-state index contributed by atoms with van der Waals surface area (Å²) in [5, 5.41) is 23.3. The Bertz CT molecular complexity index is 1190. The van der Waals surface area contributed by atoms with Gasteiger partial charge in [-0.3, -0.25) is 14.3 Å². The van der Waals surface area contributed by atoms with Gasteiger partial charge in [-0.25, -0.2) is 9.50 Å². The Morgan fingerprint density at radius 1 is 1.03 bits per heavy atom. The third-order valence-electron chi connectivity index (χ3n) is 6.40. The van der Waals surface area contributed by atoms with Gasteiger partial charge in [0, 0.05) is 43.2 Å². The molecular formula is C23H30N8O. The van der Waals surface area contributed by atoms with Crippen LogP contribution < -0.4 is 0 Å². The molecule has 1 aliphatic rings. The van der Waals surface area contributed by atoms with Gasteiger partial charge in [-0.2, -0.15) is 15.3 Å². The lowest BCUT2D eigenvalue weighted by molar-refractivity contribution is 0.174. The Balaban J connectivity index is 1.42. The first-order valence-corrected chi connectivity index (χ1v) is 11.5. The van der Waals surface area contributed by atoms with Gasteiger partial charge in [-0.05, 0) is 25.3 Å². The maximum Gasteiger partial charge on any atom is 0.0999 e. The second kappa shape index (κ2) is 8.84. The Morgan fingerprint density at radius 2 is 1.88 bits per heavy atom. The Morgan fingerprint density at radius 3 is 2.66 bits per heavy atom. The number of fused-ring (bicyclic) bond motifs is 1. The number of likely N-dealkylation sites (tertiary alicyclic amines) is 1. The zero-order valence-corrected chi connectivity index (χ0v) is 18.7. The molecule has 1 atom stereocenters. The molecule has 0 bridgehead atoms. The fourth-order valence-corrected chi connectivity index (χ4v) is 4.48. The first-order valence-electron chi connectivity index (χ1n) is 11.5. The minimum absolute atomic E-state index is 0.194. The van der Waals surface area contributed by atoms with Crippen LogP contribution in [-0.2, 0) is 6.54 Å². The number of aliphatic hydroxyl groups is 1. The van der Waals surface area contributed by atoms with Crippen molar-refractivity contribution >= 4 is 5.52 Å². The lowest BCUT2D eigenvalue weighted by Gasteiger charge is -2.14. The molecular weight excluding hydrogens is 404 g/mol. The van der Waals surface area contributed by atoms with Crippen LogP contribution in [0, 0.1) is 0 Å². The zero-order valence-electron chi connectivity index (χ0n) is 18.7. The molecule has 1 saturated heterocycles. The largest absolute Gasteiger partial charge is 0.392 e. The zero-order chi connectivity index (χ0) is 22.1. The van der Waals surface area contributed by atoms with Crippen LogP contribution in [0.1, 0.15) is 39.2 Å². The van der Waals surface area contributed by atoms with Crippen molar-refractivity contribution in [3.8, 4) is 22.5 Å². The molecule has 1 unspecified atom stereocenters. The van der Waals surface area contributed by atoms with Gasteiger partial charge in [0.25, 0.3) is 0 Å². The van der Waals surface area contributed by atoms with Crippen LogP contribution in [0.15, 0.2) is 43.2 Å². The fourth-order valence-electron chi connectivity index (χ4n) is 4.48. The van der Waals surface area contributed by atoms with Crippen molar-refractivity contribution in [3.63, 3.8) is 0 Å². The first kappa shape index (κ1) is 20.8. The maximum absolute atomic E-state index is 9.71. The van der Waals surface area contributed by atoms with E-state index < -0.39 is 0 Å². The number of rotatable bonds is 8. The second-order valence-electron chi connectivity index (χ2n) is 8.55. The fraction of sp³-hybridized carbons (Fsp3) is 0.478. The van der Waals surface area contributed by atoms with E-state index in [1.165, 1.54) is 0 Å². The Labute approximate surface area is 187 Å². The van der Waals surface area contributed by atoms with E-state index in [0.717, 1.165) is 73.5 Å². The molecule has 9 heteroatoms. The molecule has 0 aromatic carbocycles. The van der Waals surface area contributed by atoms with Gasteiger partial charge in [-0.1, -0.05) is 13.8 Å². The van der Waals surface area contributed by atoms with E-state index in [0.29, 0.717) is 6.04 Å². The van der Waals surface area contributed by atoms with Crippen molar-refractivity contribution in [2.75, 3.05) is 19.6 Å². The first-order chi connectivity index (χ1) is 15.6. The van der Waals surface area contributed by atoms with Crippen molar-refractivity contribution in [2.24, 2.45) is 0 Å². The molecule has 0 spiro atoms. The van der Waals surface area contributed by atoms with Crippen LogP contribution in [0.5, 0.6) is 0 Å². The summed E-state index contributed by atoms with van der Waals surface area (Å²) in [5.41, 5.74) is 4.60. The molecule has 1 fully saturated rings. The van der Waals surface area contributed by atoms with Crippen molar-refractivity contribution in [3.05, 3.63) is 43.2 Å². The molecule has 0 aliphatic carbocycles. The number of β-amino-alcohol motifs (C(OH)–C–C–N with tert-alkyl or cyclic N) is 1. The molecule has 5 rings (SSSR count). The summed E-state index contributed by atoms with van der Waals surface area (Å²) >= 11 is 0. The van der Waals surface area contributed by atoms with Crippen LogP contribution >= 0.6 is 0 Å². The van der Waals surface area contributed by atoms with Gasteiger partial charge < -0.3 is 5.11 Å². The second-order valence-corrected chi connectivity index (χ2v) is 8.55. The highest BCUT2D eigenvalue weighted by Crippen LogP contribution is 2.28. The number of aliphatic hydroxyl groups excluding tert-OH is 1. The van der Waals surface area contributed by atoms with Crippen molar-refractivity contribution < 1.29 is 5.11 Å². The average molecular weight is 435 g/mol. The van der Waals surface area contributed by atoms with E-state index in [-0.39, 0.29) is 6.10 Å². The lowest BCUT2D eigenvalue weighted by Crippen LogP contribution is -2.26. The van der Waals surface area contributed by atoms with Crippen LogP contribution in [0.2, 0.25) is 0 Å². The predicted octanol–water partition coefficient (Wildman–Crippen LogP) is 2.88. The van der Waals surface area contributed by atoms with Gasteiger partial charge in [0.1, 0.15) is 0 Å². The van der Waals surface area contributed by atoms with Crippen molar-refractivity contribution in [2.45, 2.75) is 51.8 Å². The molecule has 0 radical (unpaired) electrons. The van der Waals surface area contributed by atoms with Crippen LogP contribution in [0.4, 0.5) is 0 Å².